The molecule has 0 bridgehead atoms. The molecule has 5 nitrogen and oxygen atoms in total. The molecule has 3 aromatic heterocycles. The van der Waals surface area contributed by atoms with Gasteiger partial charge < -0.3 is 0 Å². The number of hydrogen-bond acceptors (Lipinski definition) is 5. The molecule has 3 heterocycles. The molecule has 4 aromatic rings. The molecule has 0 N–H and O–H groups in total. The molecule has 0 saturated heterocycles. The summed E-state index contributed by atoms with van der Waals surface area (Å²) in [7, 11) is 0. The molecule has 0 radical (unpaired) electrons. The van der Waals surface area contributed by atoms with Crippen LogP contribution in [0.4, 0.5) is 0 Å². The van der Waals surface area contributed by atoms with Crippen LogP contribution in [0, 0.1) is 13.8 Å². The van der Waals surface area contributed by atoms with Crippen molar-refractivity contribution >= 4 is 0 Å². The third-order valence-electron chi connectivity index (χ3n) is 4.08. The number of benzene rings is 1. The van der Waals surface area contributed by atoms with E-state index < -0.39 is 0 Å². The fourth-order valence-corrected chi connectivity index (χ4v) is 2.92. The summed E-state index contributed by atoms with van der Waals surface area (Å²) >= 11 is 0. The van der Waals surface area contributed by atoms with Crippen molar-refractivity contribution in [3.05, 3.63) is 78.9 Å². The van der Waals surface area contributed by atoms with E-state index in [9.17, 15) is 0 Å². The van der Waals surface area contributed by atoms with Crippen molar-refractivity contribution < 1.29 is 0 Å². The second-order valence-corrected chi connectivity index (χ2v) is 6.02. The van der Waals surface area contributed by atoms with Gasteiger partial charge in [-0.25, -0.2) is 15.0 Å². The van der Waals surface area contributed by atoms with E-state index in [2.05, 4.69) is 43.1 Å². The van der Waals surface area contributed by atoms with Crippen LogP contribution in [0.3, 0.4) is 0 Å². The Morgan fingerprint density at radius 3 is 1.38 bits per heavy atom. The molecule has 0 amide bonds. The van der Waals surface area contributed by atoms with Gasteiger partial charge in [-0.3, -0.25) is 9.97 Å². The van der Waals surface area contributed by atoms with Crippen molar-refractivity contribution in [3.8, 4) is 33.6 Å². The lowest BCUT2D eigenvalue weighted by Crippen LogP contribution is -1.99. The Kier molecular flexibility index (Phi) is 4.19. The van der Waals surface area contributed by atoms with Crippen LogP contribution < -0.4 is 0 Å². The summed E-state index contributed by atoms with van der Waals surface area (Å²) in [4.78, 5) is 21.6. The molecule has 0 atom stereocenters. The Labute approximate surface area is 151 Å². The van der Waals surface area contributed by atoms with E-state index >= 15 is 0 Å². The van der Waals surface area contributed by atoms with Crippen LogP contribution in [0.1, 0.15) is 11.6 Å². The standard InChI is InChI=1S/C21H17N5/c1-14-24-15(2)26-21(25-14)20-12-18(16-3-7-22-8-4-16)11-19(13-20)17-5-9-23-10-6-17/h3-13H,1-2H3. The third kappa shape index (κ3) is 3.32. The van der Waals surface area contributed by atoms with Gasteiger partial charge >= 0.3 is 0 Å². The molecule has 0 unspecified atom stereocenters. The van der Waals surface area contributed by atoms with Crippen LogP contribution in [0.5, 0.6) is 0 Å². The first-order valence-corrected chi connectivity index (χ1v) is 8.34. The number of pyridine rings is 2. The Morgan fingerprint density at radius 2 is 0.923 bits per heavy atom. The lowest BCUT2D eigenvalue weighted by atomic mass is 9.97. The normalized spacial score (nSPS) is 10.7. The Morgan fingerprint density at radius 1 is 0.500 bits per heavy atom. The Bertz CT molecular complexity index is 968. The van der Waals surface area contributed by atoms with Crippen LogP contribution in [0.15, 0.2) is 67.3 Å². The fourth-order valence-electron chi connectivity index (χ4n) is 2.92. The molecule has 0 saturated carbocycles. The van der Waals surface area contributed by atoms with Crippen LogP contribution in [-0.2, 0) is 0 Å². The second-order valence-electron chi connectivity index (χ2n) is 6.02. The van der Waals surface area contributed by atoms with Crippen LogP contribution in [0.2, 0.25) is 0 Å². The van der Waals surface area contributed by atoms with Crippen LogP contribution >= 0.6 is 0 Å². The van der Waals surface area contributed by atoms with E-state index in [0.717, 1.165) is 27.8 Å². The van der Waals surface area contributed by atoms with Crippen LogP contribution in [-0.4, -0.2) is 24.9 Å². The average molecular weight is 339 g/mol. The van der Waals surface area contributed by atoms with E-state index in [4.69, 9.17) is 0 Å². The van der Waals surface area contributed by atoms with Gasteiger partial charge in [0.1, 0.15) is 11.6 Å². The van der Waals surface area contributed by atoms with Crippen molar-refractivity contribution in [2.45, 2.75) is 13.8 Å². The van der Waals surface area contributed by atoms with Gasteiger partial charge in [0.05, 0.1) is 0 Å². The molecule has 0 aliphatic heterocycles. The van der Waals surface area contributed by atoms with Crippen molar-refractivity contribution in [2.24, 2.45) is 0 Å². The molecule has 126 valence electrons. The molecule has 0 spiro atoms. The summed E-state index contributed by atoms with van der Waals surface area (Å²) in [5, 5.41) is 0. The fraction of sp³-hybridized carbons (Fsp3) is 0.0952. The summed E-state index contributed by atoms with van der Waals surface area (Å²) in [6.07, 6.45) is 7.19. The predicted octanol–water partition coefficient (Wildman–Crippen LogP) is 4.28. The lowest BCUT2D eigenvalue weighted by molar-refractivity contribution is 0.928. The first-order valence-electron chi connectivity index (χ1n) is 8.34. The highest BCUT2D eigenvalue weighted by molar-refractivity contribution is 5.79. The van der Waals surface area contributed by atoms with E-state index in [1.165, 1.54) is 0 Å². The maximum atomic E-state index is 4.53. The predicted molar refractivity (Wildman–Crippen MR) is 101 cm³/mol. The van der Waals surface area contributed by atoms with Crippen molar-refractivity contribution in [2.75, 3.05) is 0 Å². The third-order valence-corrected chi connectivity index (χ3v) is 4.08. The van der Waals surface area contributed by atoms with Crippen LogP contribution in [0.25, 0.3) is 33.6 Å². The number of rotatable bonds is 3. The average Bonchev–Trinajstić information content (AvgIpc) is 2.68. The summed E-state index contributed by atoms with van der Waals surface area (Å²) < 4.78 is 0. The van der Waals surface area contributed by atoms with Crippen molar-refractivity contribution in [3.63, 3.8) is 0 Å². The zero-order valence-corrected chi connectivity index (χ0v) is 14.6. The minimum absolute atomic E-state index is 0.682. The van der Waals surface area contributed by atoms with E-state index in [1.807, 2.05) is 38.1 Å². The molecule has 0 aliphatic carbocycles. The summed E-state index contributed by atoms with van der Waals surface area (Å²) in [5.74, 6) is 2.11. The van der Waals surface area contributed by atoms with E-state index in [-0.39, 0.29) is 0 Å². The summed E-state index contributed by atoms with van der Waals surface area (Å²) in [5.41, 5.74) is 5.33. The minimum atomic E-state index is 0.682. The van der Waals surface area contributed by atoms with Gasteiger partial charge in [-0.1, -0.05) is 0 Å². The zero-order chi connectivity index (χ0) is 17.9. The van der Waals surface area contributed by atoms with Gasteiger partial charge in [-0.15, -0.1) is 0 Å². The Hall–Kier alpha value is -3.47. The maximum Gasteiger partial charge on any atom is 0.163 e. The summed E-state index contributed by atoms with van der Waals surface area (Å²) in [6.45, 7) is 3.77. The Balaban J connectivity index is 1.93. The number of nitrogens with zero attached hydrogens (tertiary/aromatic N) is 5. The van der Waals surface area contributed by atoms with E-state index in [0.29, 0.717) is 17.5 Å². The monoisotopic (exact) mass is 339 g/mol. The molecule has 0 fully saturated rings. The highest BCUT2D eigenvalue weighted by atomic mass is 15.0. The molecular formula is C21H17N5. The van der Waals surface area contributed by atoms with Gasteiger partial charge in [-0.2, -0.15) is 0 Å². The number of aryl methyl sites for hydroxylation is 2. The highest BCUT2D eigenvalue weighted by Gasteiger charge is 2.10. The topological polar surface area (TPSA) is 64.5 Å². The minimum Gasteiger partial charge on any atom is -0.265 e. The molecular weight excluding hydrogens is 322 g/mol. The van der Waals surface area contributed by atoms with Crippen molar-refractivity contribution in [1.82, 2.24) is 24.9 Å². The highest BCUT2D eigenvalue weighted by Crippen LogP contribution is 2.31. The number of aromatic nitrogens is 5. The SMILES string of the molecule is Cc1nc(C)nc(-c2cc(-c3ccncc3)cc(-c3ccncc3)c2)n1. The molecule has 0 aliphatic rings. The van der Waals surface area contributed by atoms with Gasteiger partial charge in [0, 0.05) is 30.4 Å². The lowest BCUT2D eigenvalue weighted by Gasteiger charge is -2.10. The zero-order valence-electron chi connectivity index (χ0n) is 14.6. The largest absolute Gasteiger partial charge is 0.265 e. The quantitative estimate of drug-likeness (QED) is 0.557. The van der Waals surface area contributed by atoms with E-state index in [1.54, 1.807) is 24.8 Å². The smallest absolute Gasteiger partial charge is 0.163 e. The van der Waals surface area contributed by atoms with Gasteiger partial charge in [0.15, 0.2) is 5.82 Å². The number of hydrogen-bond donors (Lipinski definition) is 0. The molecule has 5 heteroatoms. The first-order chi connectivity index (χ1) is 12.7. The second kappa shape index (κ2) is 6.80. The van der Waals surface area contributed by atoms with Gasteiger partial charge in [0.2, 0.25) is 0 Å². The van der Waals surface area contributed by atoms with Gasteiger partial charge in [0.25, 0.3) is 0 Å². The van der Waals surface area contributed by atoms with Gasteiger partial charge in [-0.05, 0) is 78.6 Å². The molecule has 1 aromatic carbocycles. The summed E-state index contributed by atoms with van der Waals surface area (Å²) in [6, 6.07) is 14.4. The molecule has 4 rings (SSSR count). The maximum absolute atomic E-state index is 4.53. The van der Waals surface area contributed by atoms with Crippen molar-refractivity contribution in [1.29, 1.82) is 0 Å². The molecule has 26 heavy (non-hydrogen) atoms. The first kappa shape index (κ1) is 16.0.